The smallest absolute Gasteiger partial charge is 0.340 e. The van der Waals surface area contributed by atoms with Gasteiger partial charge in [-0.3, -0.25) is 4.79 Å². The van der Waals surface area contributed by atoms with Crippen LogP contribution in [0.15, 0.2) is 66.9 Å². The quantitative estimate of drug-likeness (QED) is 0.497. The first-order chi connectivity index (χ1) is 14.9. The average Bonchev–Trinajstić information content (AvgIpc) is 2.77. The molecule has 0 spiro atoms. The van der Waals surface area contributed by atoms with Gasteiger partial charge in [0.25, 0.3) is 5.91 Å². The van der Waals surface area contributed by atoms with Crippen LogP contribution in [0.3, 0.4) is 0 Å². The first-order valence-electron chi connectivity index (χ1n) is 10.1. The Labute approximate surface area is 183 Å². The zero-order valence-corrected chi connectivity index (χ0v) is 18.7. The number of nitrogens with zero attached hydrogens (tertiary/aromatic N) is 2. The fourth-order valence-electron chi connectivity index (χ4n) is 3.31. The molecule has 6 heteroatoms. The number of likely N-dealkylation sites (N-methyl/N-ethyl adjacent to an activating group) is 1. The second kappa shape index (κ2) is 10.9. The average molecular weight is 420 g/mol. The molecule has 0 radical (unpaired) electrons. The molecule has 0 unspecified atom stereocenters. The maximum Gasteiger partial charge on any atom is 0.340 e. The highest BCUT2D eigenvalue weighted by molar-refractivity contribution is 6.11. The van der Waals surface area contributed by atoms with Crippen LogP contribution in [-0.4, -0.2) is 37.6 Å². The molecule has 2 aromatic rings. The number of carbonyl (C=O) groups is 2. The highest BCUT2D eigenvalue weighted by atomic mass is 16.5. The number of rotatable bonds is 8. The molecule has 1 aromatic carbocycles. The number of pyridine rings is 1. The molecule has 1 amide bonds. The first-order valence-corrected chi connectivity index (χ1v) is 10.1. The SMILES string of the molecule is C=C/C=C(\C=C/C)N(C)c1nc(C)c(C(=O)OCC)c(-c2ccccc2)c1C(=O)NC. The molecule has 1 aromatic heterocycles. The predicted octanol–water partition coefficient (Wildman–Crippen LogP) is 4.68. The summed E-state index contributed by atoms with van der Waals surface area (Å²) in [6.07, 6.45) is 7.28. The molecule has 0 aliphatic heterocycles. The monoisotopic (exact) mass is 419 g/mol. The summed E-state index contributed by atoms with van der Waals surface area (Å²) in [5.41, 5.74) is 3.06. The molecule has 0 fully saturated rings. The largest absolute Gasteiger partial charge is 0.462 e. The van der Waals surface area contributed by atoms with Crippen molar-refractivity contribution in [3.05, 3.63) is 83.7 Å². The van der Waals surface area contributed by atoms with Crippen LogP contribution in [0.2, 0.25) is 0 Å². The summed E-state index contributed by atoms with van der Waals surface area (Å²) in [5, 5.41) is 2.69. The minimum Gasteiger partial charge on any atom is -0.462 e. The molecule has 0 atom stereocenters. The molecule has 0 aliphatic carbocycles. The molecule has 0 aliphatic rings. The summed E-state index contributed by atoms with van der Waals surface area (Å²) in [6, 6.07) is 9.32. The molecule has 1 N–H and O–H groups in total. The van der Waals surface area contributed by atoms with Gasteiger partial charge in [-0.1, -0.05) is 49.1 Å². The summed E-state index contributed by atoms with van der Waals surface area (Å²) in [7, 11) is 3.37. The maximum atomic E-state index is 13.1. The minimum atomic E-state index is -0.513. The van der Waals surface area contributed by atoms with E-state index in [1.54, 1.807) is 31.9 Å². The number of aryl methyl sites for hydroxylation is 1. The Morgan fingerprint density at radius 3 is 2.45 bits per heavy atom. The molecule has 6 nitrogen and oxygen atoms in total. The number of nitrogens with one attached hydrogen (secondary N) is 1. The molecule has 2 rings (SSSR count). The summed E-state index contributed by atoms with van der Waals surface area (Å²) in [4.78, 5) is 32.5. The zero-order valence-electron chi connectivity index (χ0n) is 18.7. The maximum absolute atomic E-state index is 13.1. The van der Waals surface area contributed by atoms with Crippen molar-refractivity contribution in [2.24, 2.45) is 0 Å². The van der Waals surface area contributed by atoms with Crippen molar-refractivity contribution in [3.8, 4) is 11.1 Å². The van der Waals surface area contributed by atoms with Crippen LogP contribution in [0.1, 0.15) is 40.3 Å². The molecule has 1 heterocycles. The van der Waals surface area contributed by atoms with E-state index in [0.29, 0.717) is 22.6 Å². The third-order valence-electron chi connectivity index (χ3n) is 4.69. The lowest BCUT2D eigenvalue weighted by Gasteiger charge is -2.26. The number of carbonyl (C=O) groups excluding carboxylic acids is 2. The van der Waals surface area contributed by atoms with E-state index in [1.807, 2.05) is 62.5 Å². The number of allylic oxidation sites excluding steroid dienone is 4. The number of aromatic nitrogens is 1. The van der Waals surface area contributed by atoms with Crippen molar-refractivity contribution < 1.29 is 14.3 Å². The van der Waals surface area contributed by atoms with Gasteiger partial charge < -0.3 is 15.0 Å². The van der Waals surface area contributed by atoms with E-state index in [4.69, 9.17) is 4.74 Å². The fraction of sp³-hybridized carbons (Fsp3) is 0.240. The predicted molar refractivity (Wildman–Crippen MR) is 125 cm³/mol. The highest BCUT2D eigenvalue weighted by Gasteiger charge is 2.29. The van der Waals surface area contributed by atoms with E-state index in [2.05, 4.69) is 16.9 Å². The van der Waals surface area contributed by atoms with Gasteiger partial charge in [0.1, 0.15) is 5.82 Å². The van der Waals surface area contributed by atoms with Gasteiger partial charge in [0.05, 0.1) is 23.4 Å². The van der Waals surface area contributed by atoms with E-state index in [-0.39, 0.29) is 18.1 Å². The van der Waals surface area contributed by atoms with Gasteiger partial charge in [0, 0.05) is 25.4 Å². The lowest BCUT2D eigenvalue weighted by atomic mass is 9.92. The number of amides is 1. The van der Waals surface area contributed by atoms with Crippen LogP contribution >= 0.6 is 0 Å². The number of hydrogen-bond donors (Lipinski definition) is 1. The van der Waals surface area contributed by atoms with Gasteiger partial charge in [-0.15, -0.1) is 0 Å². The summed E-state index contributed by atoms with van der Waals surface area (Å²) < 4.78 is 5.30. The Morgan fingerprint density at radius 1 is 1.23 bits per heavy atom. The van der Waals surface area contributed by atoms with Crippen LogP contribution in [0.5, 0.6) is 0 Å². The first kappa shape index (κ1) is 23.6. The Balaban J connectivity index is 2.98. The van der Waals surface area contributed by atoms with Crippen LogP contribution in [-0.2, 0) is 4.74 Å². The highest BCUT2D eigenvalue weighted by Crippen LogP contribution is 2.36. The standard InChI is InChI=1S/C25H29N3O3/c1-7-13-19(14-8-2)28(6)23-22(24(29)26-5)21(18-15-11-10-12-16-18)20(17(4)27-23)25(30)31-9-3/h7-8,10-16H,1,9H2,2-6H3,(H,26,29)/b14-8-,19-13+. The van der Waals surface area contributed by atoms with Gasteiger partial charge in [0.2, 0.25) is 0 Å². The van der Waals surface area contributed by atoms with Crippen molar-refractivity contribution in [3.63, 3.8) is 0 Å². The lowest BCUT2D eigenvalue weighted by molar-refractivity contribution is 0.0526. The lowest BCUT2D eigenvalue weighted by Crippen LogP contribution is -2.27. The van der Waals surface area contributed by atoms with E-state index in [9.17, 15) is 9.59 Å². The van der Waals surface area contributed by atoms with Crippen LogP contribution in [0.4, 0.5) is 5.82 Å². The third-order valence-corrected chi connectivity index (χ3v) is 4.69. The Hall–Kier alpha value is -3.67. The van der Waals surface area contributed by atoms with Gasteiger partial charge in [-0.2, -0.15) is 0 Å². The molecule has 0 bridgehead atoms. The van der Waals surface area contributed by atoms with Crippen LogP contribution in [0.25, 0.3) is 11.1 Å². The van der Waals surface area contributed by atoms with Crippen LogP contribution < -0.4 is 10.2 Å². The van der Waals surface area contributed by atoms with Gasteiger partial charge in [-0.05, 0) is 38.5 Å². The summed E-state index contributed by atoms with van der Waals surface area (Å²) in [6.45, 7) is 9.39. The van der Waals surface area contributed by atoms with E-state index >= 15 is 0 Å². The Morgan fingerprint density at radius 2 is 1.90 bits per heavy atom. The van der Waals surface area contributed by atoms with Gasteiger partial charge in [-0.25, -0.2) is 9.78 Å². The second-order valence-corrected chi connectivity index (χ2v) is 6.70. The van der Waals surface area contributed by atoms with Crippen molar-refractivity contribution in [2.75, 3.05) is 25.6 Å². The fourth-order valence-corrected chi connectivity index (χ4v) is 3.31. The van der Waals surface area contributed by atoms with Crippen molar-refractivity contribution in [1.82, 2.24) is 10.3 Å². The van der Waals surface area contributed by atoms with E-state index in [0.717, 1.165) is 11.3 Å². The Bertz CT molecular complexity index is 1020. The van der Waals surface area contributed by atoms with Gasteiger partial charge in [0.15, 0.2) is 0 Å². The Kier molecular flexibility index (Phi) is 8.32. The molecule has 162 valence electrons. The summed E-state index contributed by atoms with van der Waals surface area (Å²) >= 11 is 0. The van der Waals surface area contributed by atoms with Gasteiger partial charge >= 0.3 is 5.97 Å². The van der Waals surface area contributed by atoms with E-state index in [1.165, 1.54) is 0 Å². The third kappa shape index (κ3) is 5.09. The number of anilines is 1. The molecule has 0 saturated heterocycles. The molecule has 0 saturated carbocycles. The number of benzene rings is 1. The molecular formula is C25H29N3O3. The minimum absolute atomic E-state index is 0.219. The topological polar surface area (TPSA) is 71.5 Å². The molecular weight excluding hydrogens is 390 g/mol. The summed E-state index contributed by atoms with van der Waals surface area (Å²) in [5.74, 6) is -0.437. The normalized spacial score (nSPS) is 11.3. The van der Waals surface area contributed by atoms with Crippen LogP contribution in [0, 0.1) is 6.92 Å². The van der Waals surface area contributed by atoms with Crippen molar-refractivity contribution >= 4 is 17.7 Å². The molecule has 31 heavy (non-hydrogen) atoms. The second-order valence-electron chi connectivity index (χ2n) is 6.70. The van der Waals surface area contributed by atoms with Crippen molar-refractivity contribution in [2.45, 2.75) is 20.8 Å². The number of esters is 1. The van der Waals surface area contributed by atoms with E-state index < -0.39 is 5.97 Å². The number of hydrogen-bond acceptors (Lipinski definition) is 5. The zero-order chi connectivity index (χ0) is 23.0. The van der Waals surface area contributed by atoms with Crippen molar-refractivity contribution in [1.29, 1.82) is 0 Å². The number of ether oxygens (including phenoxy) is 1.